The Morgan fingerprint density at radius 3 is 2.06 bits per heavy atom. The van der Waals surface area contributed by atoms with Crippen LogP contribution in [0.25, 0.3) is 0 Å². The molecule has 5 heteroatoms. The van der Waals surface area contributed by atoms with Crippen molar-refractivity contribution in [2.75, 3.05) is 6.61 Å². The Balaban J connectivity index is 2.11. The third-order valence-electron chi connectivity index (χ3n) is 7.89. The molecule has 5 nitrogen and oxygen atoms in total. The van der Waals surface area contributed by atoms with Gasteiger partial charge in [0.05, 0.1) is 30.0 Å². The molecule has 33 heavy (non-hydrogen) atoms. The van der Waals surface area contributed by atoms with Crippen molar-refractivity contribution in [2.45, 2.75) is 149 Å². The summed E-state index contributed by atoms with van der Waals surface area (Å²) in [4.78, 5) is 0. The van der Waals surface area contributed by atoms with Crippen molar-refractivity contribution in [2.24, 2.45) is 23.7 Å². The molecule has 1 aliphatic heterocycles. The molecule has 0 aliphatic carbocycles. The van der Waals surface area contributed by atoms with Crippen LogP contribution in [0.4, 0.5) is 0 Å². The van der Waals surface area contributed by atoms with E-state index in [2.05, 4.69) is 27.7 Å². The second-order valence-electron chi connectivity index (χ2n) is 11.8. The Hall–Kier alpha value is -0.200. The van der Waals surface area contributed by atoms with Gasteiger partial charge in [-0.2, -0.15) is 0 Å². The fourth-order valence-corrected chi connectivity index (χ4v) is 5.38. The van der Waals surface area contributed by atoms with Gasteiger partial charge < -0.3 is 25.2 Å². The lowest BCUT2D eigenvalue weighted by Crippen LogP contribution is -2.26. The summed E-state index contributed by atoms with van der Waals surface area (Å²) in [7, 11) is 0. The fraction of sp³-hybridized carbons (Fsp3) is 1.00. The van der Waals surface area contributed by atoms with Gasteiger partial charge in [0.25, 0.3) is 0 Å². The Kier molecular flexibility index (Phi) is 14.7. The van der Waals surface area contributed by atoms with Gasteiger partial charge in [-0.05, 0) is 69.6 Å². The van der Waals surface area contributed by atoms with Gasteiger partial charge >= 0.3 is 0 Å². The van der Waals surface area contributed by atoms with Crippen LogP contribution in [0, 0.1) is 23.7 Å². The third-order valence-corrected chi connectivity index (χ3v) is 7.89. The lowest BCUT2D eigenvalue weighted by Gasteiger charge is -2.25. The maximum Gasteiger partial charge on any atom is 0.0892 e. The zero-order valence-corrected chi connectivity index (χ0v) is 22.5. The molecule has 198 valence electrons. The molecule has 0 aromatic heterocycles. The highest BCUT2D eigenvalue weighted by Crippen LogP contribution is 2.37. The monoisotopic (exact) mass is 472 g/mol. The molecule has 0 amide bonds. The van der Waals surface area contributed by atoms with Gasteiger partial charge in [0, 0.05) is 12.5 Å². The first-order valence-corrected chi connectivity index (χ1v) is 13.8. The van der Waals surface area contributed by atoms with Crippen LogP contribution in [-0.4, -0.2) is 57.0 Å². The summed E-state index contributed by atoms with van der Waals surface area (Å²) < 4.78 is 5.85. The molecule has 0 radical (unpaired) electrons. The molecule has 9 atom stereocenters. The van der Waals surface area contributed by atoms with Crippen LogP contribution < -0.4 is 0 Å². The average molecular weight is 473 g/mol. The van der Waals surface area contributed by atoms with E-state index in [9.17, 15) is 15.3 Å². The minimum absolute atomic E-state index is 0.00332. The predicted octanol–water partition coefficient (Wildman–Crippen LogP) is 5.46. The van der Waals surface area contributed by atoms with Gasteiger partial charge in [-0.1, -0.05) is 66.7 Å². The predicted molar refractivity (Wildman–Crippen MR) is 136 cm³/mol. The van der Waals surface area contributed by atoms with E-state index >= 15 is 0 Å². The number of epoxide rings is 1. The van der Waals surface area contributed by atoms with E-state index < -0.39 is 11.7 Å². The molecular weight excluding hydrogens is 416 g/mol. The van der Waals surface area contributed by atoms with E-state index in [0.717, 1.165) is 38.0 Å². The standard InChI is InChI=1S/C28H56O5/c1-7-25(31)23(5)27-26(33-27)19-22(4)11-8-10-20(2)18-21(3)12-9-15-28(6,32)16-13-24(30)14-17-29/h20-27,29-32H,7-19H2,1-6H3. The van der Waals surface area contributed by atoms with Crippen LogP contribution in [-0.2, 0) is 4.74 Å². The zero-order valence-electron chi connectivity index (χ0n) is 22.5. The van der Waals surface area contributed by atoms with Gasteiger partial charge in [-0.15, -0.1) is 0 Å². The van der Waals surface area contributed by atoms with Crippen molar-refractivity contribution >= 4 is 0 Å². The summed E-state index contributed by atoms with van der Waals surface area (Å²) in [5, 5.41) is 39.2. The van der Waals surface area contributed by atoms with Gasteiger partial charge in [-0.3, -0.25) is 0 Å². The van der Waals surface area contributed by atoms with Gasteiger partial charge in [0.15, 0.2) is 0 Å². The molecule has 0 bridgehead atoms. The molecule has 1 aliphatic rings. The first-order chi connectivity index (χ1) is 15.5. The number of ether oxygens (including phenoxy) is 1. The lowest BCUT2D eigenvalue weighted by molar-refractivity contribution is 0.0181. The first kappa shape index (κ1) is 30.8. The van der Waals surface area contributed by atoms with Gasteiger partial charge in [0.2, 0.25) is 0 Å². The number of aliphatic hydroxyl groups excluding tert-OH is 3. The smallest absolute Gasteiger partial charge is 0.0892 e. The molecule has 4 N–H and O–H groups in total. The second-order valence-corrected chi connectivity index (χ2v) is 11.8. The Labute approximate surface area is 204 Å². The summed E-state index contributed by atoms with van der Waals surface area (Å²) in [5.41, 5.74) is -0.728. The van der Waals surface area contributed by atoms with Crippen molar-refractivity contribution in [3.8, 4) is 0 Å². The largest absolute Gasteiger partial charge is 0.396 e. The topological polar surface area (TPSA) is 93.5 Å². The molecule has 1 heterocycles. The SMILES string of the molecule is CCC(O)C(C)C1OC1CC(C)CCCC(C)CC(C)CCCC(C)(O)CCC(O)CCO. The number of rotatable bonds is 20. The number of hydrogen-bond acceptors (Lipinski definition) is 5. The number of aliphatic hydroxyl groups is 4. The van der Waals surface area contributed by atoms with E-state index in [4.69, 9.17) is 9.84 Å². The first-order valence-electron chi connectivity index (χ1n) is 13.8. The van der Waals surface area contributed by atoms with Gasteiger partial charge in [0.1, 0.15) is 0 Å². The van der Waals surface area contributed by atoms with E-state index in [-0.39, 0.29) is 24.7 Å². The minimum atomic E-state index is -0.728. The molecule has 1 fully saturated rings. The zero-order chi connectivity index (χ0) is 25.0. The molecule has 0 saturated carbocycles. The molecule has 0 aromatic rings. The Bertz CT molecular complexity index is 497. The Morgan fingerprint density at radius 2 is 1.45 bits per heavy atom. The van der Waals surface area contributed by atoms with E-state index in [1.54, 1.807) is 0 Å². The summed E-state index contributed by atoms with van der Waals surface area (Å²) in [6.45, 7) is 13.0. The van der Waals surface area contributed by atoms with Gasteiger partial charge in [-0.25, -0.2) is 0 Å². The molecule has 1 saturated heterocycles. The minimum Gasteiger partial charge on any atom is -0.396 e. The van der Waals surface area contributed by atoms with Crippen LogP contribution in [0.3, 0.4) is 0 Å². The quantitative estimate of drug-likeness (QED) is 0.176. The van der Waals surface area contributed by atoms with Crippen molar-refractivity contribution in [1.82, 2.24) is 0 Å². The Morgan fingerprint density at radius 1 is 0.848 bits per heavy atom. The highest BCUT2D eigenvalue weighted by Gasteiger charge is 2.45. The average Bonchev–Trinajstić information content (AvgIpc) is 3.50. The lowest BCUT2D eigenvalue weighted by atomic mass is 9.86. The third kappa shape index (κ3) is 13.5. The fourth-order valence-electron chi connectivity index (χ4n) is 5.38. The van der Waals surface area contributed by atoms with Crippen molar-refractivity contribution in [3.05, 3.63) is 0 Å². The highest BCUT2D eigenvalue weighted by atomic mass is 16.6. The maximum absolute atomic E-state index is 10.6. The summed E-state index contributed by atoms with van der Waals surface area (Å²) >= 11 is 0. The molecular formula is C28H56O5. The van der Waals surface area contributed by atoms with Crippen molar-refractivity contribution in [3.63, 3.8) is 0 Å². The molecule has 0 spiro atoms. The van der Waals surface area contributed by atoms with Crippen LogP contribution in [0.2, 0.25) is 0 Å². The maximum atomic E-state index is 10.6. The molecule has 9 unspecified atom stereocenters. The van der Waals surface area contributed by atoms with Crippen LogP contribution in [0.15, 0.2) is 0 Å². The molecule has 0 aromatic carbocycles. The summed E-state index contributed by atoms with van der Waals surface area (Å²) in [5.74, 6) is 2.32. The van der Waals surface area contributed by atoms with Crippen LogP contribution in [0.5, 0.6) is 0 Å². The van der Waals surface area contributed by atoms with Crippen LogP contribution >= 0.6 is 0 Å². The summed E-state index contributed by atoms with van der Waals surface area (Å²) in [6, 6.07) is 0. The van der Waals surface area contributed by atoms with Crippen molar-refractivity contribution in [1.29, 1.82) is 0 Å². The highest BCUT2D eigenvalue weighted by molar-refractivity contribution is 4.92. The van der Waals surface area contributed by atoms with Crippen molar-refractivity contribution < 1.29 is 25.2 Å². The molecule has 1 rings (SSSR count). The second kappa shape index (κ2) is 15.7. The number of hydrogen-bond donors (Lipinski definition) is 4. The summed E-state index contributed by atoms with van der Waals surface area (Å²) in [6.07, 6.45) is 11.3. The van der Waals surface area contributed by atoms with E-state index in [1.165, 1.54) is 25.7 Å². The normalized spacial score (nSPS) is 25.6. The van der Waals surface area contributed by atoms with E-state index in [0.29, 0.717) is 37.2 Å². The van der Waals surface area contributed by atoms with Crippen LogP contribution in [0.1, 0.15) is 119 Å². The van der Waals surface area contributed by atoms with E-state index in [1.807, 2.05) is 13.8 Å².